The van der Waals surface area contributed by atoms with E-state index in [4.69, 9.17) is 14.6 Å². The third-order valence-electron chi connectivity index (χ3n) is 2.36. The number of hydrogen-bond donors (Lipinski definition) is 2. The zero-order valence-electron chi connectivity index (χ0n) is 5.80. The van der Waals surface area contributed by atoms with Gasteiger partial charge < -0.3 is 14.6 Å². The molecule has 2 N–H and O–H groups in total. The standard InChI is InChI=1S/C6H11NO3/c8-1-6-2-9-4-7(6)5-10-3-6/h8H,1-5H2/p+1. The van der Waals surface area contributed by atoms with Gasteiger partial charge in [-0.3, -0.25) is 4.90 Å². The van der Waals surface area contributed by atoms with Crippen LogP contribution in [0.1, 0.15) is 0 Å². The molecule has 4 heteroatoms. The molecule has 0 radical (unpaired) electrons. The van der Waals surface area contributed by atoms with Gasteiger partial charge in [-0.15, -0.1) is 0 Å². The van der Waals surface area contributed by atoms with E-state index in [-0.39, 0.29) is 12.1 Å². The van der Waals surface area contributed by atoms with Crippen LogP contribution in [0.25, 0.3) is 0 Å². The molecule has 58 valence electrons. The van der Waals surface area contributed by atoms with E-state index in [1.807, 2.05) is 0 Å². The molecule has 0 aromatic heterocycles. The van der Waals surface area contributed by atoms with Gasteiger partial charge in [0.15, 0.2) is 19.0 Å². The van der Waals surface area contributed by atoms with Crippen LogP contribution in [-0.4, -0.2) is 43.9 Å². The molecule has 0 unspecified atom stereocenters. The smallest absolute Gasteiger partial charge is 0.184 e. The van der Waals surface area contributed by atoms with Crippen molar-refractivity contribution < 1.29 is 19.5 Å². The van der Waals surface area contributed by atoms with Crippen molar-refractivity contribution in [3.8, 4) is 0 Å². The number of hydrogen-bond acceptors (Lipinski definition) is 3. The largest absolute Gasteiger partial charge is 0.390 e. The van der Waals surface area contributed by atoms with E-state index < -0.39 is 0 Å². The molecule has 0 atom stereocenters. The Bertz CT molecular complexity index is 129. The molecule has 0 aliphatic carbocycles. The number of ether oxygens (including phenoxy) is 2. The maximum Gasteiger partial charge on any atom is 0.184 e. The highest BCUT2D eigenvalue weighted by Gasteiger charge is 2.50. The lowest BCUT2D eigenvalue weighted by atomic mass is 10.0. The second-order valence-corrected chi connectivity index (χ2v) is 3.03. The Morgan fingerprint density at radius 1 is 1.30 bits per heavy atom. The molecule has 2 heterocycles. The highest BCUT2D eigenvalue weighted by Crippen LogP contribution is 2.09. The van der Waals surface area contributed by atoms with E-state index in [9.17, 15) is 0 Å². The number of rotatable bonds is 1. The monoisotopic (exact) mass is 146 g/mol. The number of quaternary nitrogens is 1. The third-order valence-corrected chi connectivity index (χ3v) is 2.36. The molecule has 2 aliphatic rings. The molecular formula is C6H12NO3+. The molecule has 2 rings (SSSR count). The molecule has 0 amide bonds. The Kier molecular flexibility index (Phi) is 1.42. The summed E-state index contributed by atoms with van der Waals surface area (Å²) in [5.74, 6) is 0. The van der Waals surface area contributed by atoms with Crippen molar-refractivity contribution in [3.63, 3.8) is 0 Å². The zero-order chi connectivity index (χ0) is 7.03. The molecule has 2 saturated heterocycles. The van der Waals surface area contributed by atoms with E-state index in [0.29, 0.717) is 26.7 Å². The van der Waals surface area contributed by atoms with Crippen molar-refractivity contribution in [3.05, 3.63) is 0 Å². The molecule has 4 nitrogen and oxygen atoms in total. The van der Waals surface area contributed by atoms with E-state index in [1.165, 1.54) is 4.90 Å². The van der Waals surface area contributed by atoms with Gasteiger partial charge in [0.05, 0.1) is 0 Å². The van der Waals surface area contributed by atoms with E-state index in [2.05, 4.69) is 0 Å². The fourth-order valence-corrected chi connectivity index (χ4v) is 1.54. The highest BCUT2D eigenvalue weighted by molar-refractivity contribution is 4.81. The second-order valence-electron chi connectivity index (χ2n) is 3.03. The van der Waals surface area contributed by atoms with Crippen molar-refractivity contribution in [1.82, 2.24) is 0 Å². The summed E-state index contributed by atoms with van der Waals surface area (Å²) in [5.41, 5.74) is -0.125. The molecule has 0 bridgehead atoms. The summed E-state index contributed by atoms with van der Waals surface area (Å²) in [4.78, 5) is 1.23. The molecule has 2 fully saturated rings. The molecule has 0 aromatic rings. The van der Waals surface area contributed by atoms with Gasteiger partial charge in [0, 0.05) is 0 Å². The minimum Gasteiger partial charge on any atom is -0.390 e. The summed E-state index contributed by atoms with van der Waals surface area (Å²) >= 11 is 0. The Balaban J connectivity index is 2.15. The van der Waals surface area contributed by atoms with Gasteiger partial charge >= 0.3 is 0 Å². The van der Waals surface area contributed by atoms with Crippen molar-refractivity contribution in [2.24, 2.45) is 0 Å². The van der Waals surface area contributed by atoms with E-state index in [0.717, 1.165) is 0 Å². The van der Waals surface area contributed by atoms with Crippen LogP contribution in [0.3, 0.4) is 0 Å². The fraction of sp³-hybridized carbons (Fsp3) is 1.00. The van der Waals surface area contributed by atoms with Crippen LogP contribution < -0.4 is 4.90 Å². The molecule has 10 heavy (non-hydrogen) atoms. The second kappa shape index (κ2) is 2.17. The number of aliphatic hydroxyl groups excluding tert-OH is 1. The summed E-state index contributed by atoms with van der Waals surface area (Å²) < 4.78 is 10.5. The summed E-state index contributed by atoms with van der Waals surface area (Å²) in [6.45, 7) is 2.81. The molecule has 0 spiro atoms. The Hall–Kier alpha value is -0.160. The first-order valence-electron chi connectivity index (χ1n) is 3.49. The molecule has 2 aliphatic heterocycles. The van der Waals surface area contributed by atoms with Crippen LogP contribution in [0.5, 0.6) is 0 Å². The average molecular weight is 146 g/mol. The third kappa shape index (κ3) is 0.703. The Labute approximate surface area is 59.3 Å². The van der Waals surface area contributed by atoms with Crippen molar-refractivity contribution >= 4 is 0 Å². The summed E-state index contributed by atoms with van der Waals surface area (Å²) in [5, 5.41) is 9.05. The summed E-state index contributed by atoms with van der Waals surface area (Å²) in [6.07, 6.45) is 0. The molecule has 0 saturated carbocycles. The topological polar surface area (TPSA) is 43.1 Å². The Morgan fingerprint density at radius 3 is 2.30 bits per heavy atom. The van der Waals surface area contributed by atoms with Crippen LogP contribution in [0.2, 0.25) is 0 Å². The van der Waals surface area contributed by atoms with Crippen LogP contribution in [0.15, 0.2) is 0 Å². The first kappa shape index (κ1) is 6.54. The van der Waals surface area contributed by atoms with Gasteiger partial charge in [0.1, 0.15) is 19.8 Å². The number of nitrogens with one attached hydrogen (secondary N) is 1. The van der Waals surface area contributed by atoms with Gasteiger partial charge in [-0.25, -0.2) is 0 Å². The highest BCUT2D eigenvalue weighted by atomic mass is 16.6. The normalized spacial score (nSPS) is 45.9. The first-order valence-corrected chi connectivity index (χ1v) is 3.49. The van der Waals surface area contributed by atoms with Crippen LogP contribution >= 0.6 is 0 Å². The lowest BCUT2D eigenvalue weighted by Crippen LogP contribution is -3.17. The molecule has 0 aromatic carbocycles. The first-order chi connectivity index (χ1) is 4.87. The van der Waals surface area contributed by atoms with Gasteiger partial charge in [-0.05, 0) is 0 Å². The summed E-state index contributed by atoms with van der Waals surface area (Å²) in [7, 11) is 0. The van der Waals surface area contributed by atoms with Crippen molar-refractivity contribution in [1.29, 1.82) is 0 Å². The van der Waals surface area contributed by atoms with Crippen LogP contribution in [0.4, 0.5) is 0 Å². The van der Waals surface area contributed by atoms with Gasteiger partial charge in [-0.1, -0.05) is 0 Å². The number of aliphatic hydroxyl groups is 1. The predicted molar refractivity (Wildman–Crippen MR) is 32.4 cm³/mol. The zero-order valence-corrected chi connectivity index (χ0v) is 5.80. The predicted octanol–water partition coefficient (Wildman–Crippen LogP) is -2.42. The SMILES string of the molecule is OCC12COC[NH+]1COC2. The number of fused-ring (bicyclic) bond motifs is 1. The van der Waals surface area contributed by atoms with Crippen molar-refractivity contribution in [2.75, 3.05) is 33.3 Å². The average Bonchev–Trinajstić information content (AvgIpc) is 2.42. The lowest BCUT2D eigenvalue weighted by Gasteiger charge is -2.20. The van der Waals surface area contributed by atoms with E-state index in [1.54, 1.807) is 0 Å². The Morgan fingerprint density at radius 2 is 1.90 bits per heavy atom. The maximum absolute atomic E-state index is 9.05. The minimum atomic E-state index is -0.125. The fourth-order valence-electron chi connectivity index (χ4n) is 1.54. The maximum atomic E-state index is 9.05. The minimum absolute atomic E-state index is 0.125. The van der Waals surface area contributed by atoms with Crippen LogP contribution in [0, 0.1) is 0 Å². The van der Waals surface area contributed by atoms with Crippen LogP contribution in [-0.2, 0) is 9.47 Å². The van der Waals surface area contributed by atoms with Gasteiger partial charge in [-0.2, -0.15) is 0 Å². The molecular weight excluding hydrogens is 134 g/mol. The van der Waals surface area contributed by atoms with Gasteiger partial charge in [0.2, 0.25) is 0 Å². The summed E-state index contributed by atoms with van der Waals surface area (Å²) in [6, 6.07) is 0. The quantitative estimate of drug-likeness (QED) is 0.432. The lowest BCUT2D eigenvalue weighted by molar-refractivity contribution is -0.939. The van der Waals surface area contributed by atoms with Crippen molar-refractivity contribution in [2.45, 2.75) is 5.54 Å². The van der Waals surface area contributed by atoms with Gasteiger partial charge in [0.25, 0.3) is 0 Å². The van der Waals surface area contributed by atoms with E-state index >= 15 is 0 Å².